The van der Waals surface area contributed by atoms with Crippen LogP contribution in [-0.4, -0.2) is 38.3 Å². The number of piperidine rings is 1. The van der Waals surface area contributed by atoms with Crippen molar-refractivity contribution in [3.8, 4) is 0 Å². The van der Waals surface area contributed by atoms with Gasteiger partial charge in [0.25, 0.3) is 5.91 Å². The SMILES string of the molecule is O=C(NCCOC1CCNCC1)c1cccc(F)c1Br. The number of ether oxygens (including phenoxy) is 1. The van der Waals surface area contributed by atoms with Crippen LogP contribution in [0.5, 0.6) is 0 Å². The van der Waals surface area contributed by atoms with E-state index in [-0.39, 0.29) is 16.5 Å². The molecule has 20 heavy (non-hydrogen) atoms. The van der Waals surface area contributed by atoms with E-state index in [4.69, 9.17) is 4.74 Å². The molecule has 4 nitrogen and oxygen atoms in total. The van der Waals surface area contributed by atoms with E-state index in [0.717, 1.165) is 25.9 Å². The smallest absolute Gasteiger partial charge is 0.252 e. The molecule has 0 spiro atoms. The summed E-state index contributed by atoms with van der Waals surface area (Å²) >= 11 is 3.08. The highest BCUT2D eigenvalue weighted by Gasteiger charge is 2.14. The number of benzene rings is 1. The first kappa shape index (κ1) is 15.4. The number of hydrogen-bond acceptors (Lipinski definition) is 3. The van der Waals surface area contributed by atoms with E-state index in [0.29, 0.717) is 18.7 Å². The van der Waals surface area contributed by atoms with E-state index in [2.05, 4.69) is 26.6 Å². The van der Waals surface area contributed by atoms with Crippen LogP contribution < -0.4 is 10.6 Å². The highest BCUT2D eigenvalue weighted by atomic mass is 79.9. The highest BCUT2D eigenvalue weighted by Crippen LogP contribution is 2.20. The molecule has 1 heterocycles. The summed E-state index contributed by atoms with van der Waals surface area (Å²) in [4.78, 5) is 11.9. The summed E-state index contributed by atoms with van der Waals surface area (Å²) in [5, 5.41) is 6.00. The first-order valence-electron chi connectivity index (χ1n) is 6.73. The molecule has 1 aromatic rings. The van der Waals surface area contributed by atoms with Crippen LogP contribution in [0, 0.1) is 5.82 Å². The second kappa shape index (κ2) is 7.71. The van der Waals surface area contributed by atoms with E-state index >= 15 is 0 Å². The van der Waals surface area contributed by atoms with Gasteiger partial charge in [0.2, 0.25) is 0 Å². The van der Waals surface area contributed by atoms with Gasteiger partial charge < -0.3 is 15.4 Å². The van der Waals surface area contributed by atoms with E-state index in [9.17, 15) is 9.18 Å². The molecule has 1 fully saturated rings. The van der Waals surface area contributed by atoms with Crippen LogP contribution >= 0.6 is 15.9 Å². The largest absolute Gasteiger partial charge is 0.376 e. The quantitative estimate of drug-likeness (QED) is 0.804. The summed E-state index contributed by atoms with van der Waals surface area (Å²) in [5.74, 6) is -0.742. The molecule has 0 radical (unpaired) electrons. The van der Waals surface area contributed by atoms with Crippen molar-refractivity contribution in [1.29, 1.82) is 0 Å². The monoisotopic (exact) mass is 344 g/mol. The summed E-state index contributed by atoms with van der Waals surface area (Å²) in [6.45, 7) is 2.86. The zero-order valence-corrected chi connectivity index (χ0v) is 12.7. The second-order valence-electron chi connectivity index (χ2n) is 4.68. The van der Waals surface area contributed by atoms with Gasteiger partial charge in [-0.2, -0.15) is 0 Å². The predicted octanol–water partition coefficient (Wildman–Crippen LogP) is 2.09. The zero-order chi connectivity index (χ0) is 14.4. The van der Waals surface area contributed by atoms with E-state index < -0.39 is 5.82 Å². The minimum Gasteiger partial charge on any atom is -0.376 e. The number of amides is 1. The summed E-state index contributed by atoms with van der Waals surface area (Å²) in [6, 6.07) is 4.40. The zero-order valence-electron chi connectivity index (χ0n) is 11.1. The molecule has 0 saturated carbocycles. The Kier molecular flexibility index (Phi) is 5.94. The molecule has 0 atom stereocenters. The number of nitrogens with one attached hydrogen (secondary N) is 2. The summed E-state index contributed by atoms with van der Waals surface area (Å²) in [6.07, 6.45) is 2.28. The molecular weight excluding hydrogens is 327 g/mol. The Morgan fingerprint density at radius 3 is 2.95 bits per heavy atom. The van der Waals surface area contributed by atoms with Gasteiger partial charge in [0.1, 0.15) is 5.82 Å². The fourth-order valence-electron chi connectivity index (χ4n) is 2.13. The van der Waals surface area contributed by atoms with Gasteiger partial charge in [-0.05, 0) is 54.0 Å². The van der Waals surface area contributed by atoms with Crippen molar-refractivity contribution in [3.05, 3.63) is 34.1 Å². The molecule has 1 aromatic carbocycles. The van der Waals surface area contributed by atoms with Crippen LogP contribution in [0.3, 0.4) is 0 Å². The summed E-state index contributed by atoms with van der Waals surface area (Å²) in [5.41, 5.74) is 0.298. The fourth-order valence-corrected chi connectivity index (χ4v) is 2.57. The number of rotatable bonds is 5. The Labute approximate surface area is 126 Å². The standard InChI is InChI=1S/C14H18BrFN2O2/c15-13-11(2-1-3-12(13)16)14(19)18-8-9-20-10-4-6-17-7-5-10/h1-3,10,17H,4-9H2,(H,18,19). The van der Waals surface area contributed by atoms with Gasteiger partial charge in [-0.1, -0.05) is 6.07 Å². The number of carbonyl (C=O) groups excluding carboxylic acids is 1. The molecule has 2 rings (SSSR count). The molecule has 1 aliphatic rings. The Morgan fingerprint density at radius 1 is 1.45 bits per heavy atom. The van der Waals surface area contributed by atoms with Crippen LogP contribution in [0.15, 0.2) is 22.7 Å². The number of halogens is 2. The first-order chi connectivity index (χ1) is 9.68. The summed E-state index contributed by atoms with van der Waals surface area (Å²) < 4.78 is 19.2. The molecule has 0 aromatic heterocycles. The number of carbonyl (C=O) groups is 1. The fraction of sp³-hybridized carbons (Fsp3) is 0.500. The third kappa shape index (κ3) is 4.26. The maximum atomic E-state index is 13.3. The minimum atomic E-state index is -0.441. The van der Waals surface area contributed by atoms with Gasteiger partial charge in [0, 0.05) is 6.54 Å². The van der Waals surface area contributed by atoms with E-state index in [1.54, 1.807) is 6.07 Å². The Morgan fingerprint density at radius 2 is 2.20 bits per heavy atom. The maximum absolute atomic E-state index is 13.3. The Bertz CT molecular complexity index is 464. The van der Waals surface area contributed by atoms with Crippen molar-refractivity contribution in [2.75, 3.05) is 26.2 Å². The second-order valence-corrected chi connectivity index (χ2v) is 5.47. The molecule has 2 N–H and O–H groups in total. The van der Waals surface area contributed by atoms with Gasteiger partial charge >= 0.3 is 0 Å². The van der Waals surface area contributed by atoms with Gasteiger partial charge in [0.15, 0.2) is 0 Å². The maximum Gasteiger partial charge on any atom is 0.252 e. The Hall–Kier alpha value is -0.980. The van der Waals surface area contributed by atoms with Crippen molar-refractivity contribution >= 4 is 21.8 Å². The van der Waals surface area contributed by atoms with Crippen LogP contribution in [-0.2, 0) is 4.74 Å². The lowest BCUT2D eigenvalue weighted by Gasteiger charge is -2.22. The van der Waals surface area contributed by atoms with Crippen molar-refractivity contribution in [3.63, 3.8) is 0 Å². The number of hydrogen-bond donors (Lipinski definition) is 2. The summed E-state index contributed by atoms with van der Waals surface area (Å²) in [7, 11) is 0. The van der Waals surface area contributed by atoms with E-state index in [1.165, 1.54) is 12.1 Å². The Balaban J connectivity index is 1.73. The molecule has 0 bridgehead atoms. The van der Waals surface area contributed by atoms with Crippen LogP contribution in [0.25, 0.3) is 0 Å². The van der Waals surface area contributed by atoms with E-state index in [1.807, 2.05) is 0 Å². The van der Waals surface area contributed by atoms with Gasteiger partial charge in [-0.3, -0.25) is 4.79 Å². The molecule has 1 saturated heterocycles. The lowest BCUT2D eigenvalue weighted by molar-refractivity contribution is 0.0343. The molecule has 0 aliphatic carbocycles. The van der Waals surface area contributed by atoms with Crippen molar-refractivity contribution in [2.45, 2.75) is 18.9 Å². The molecule has 6 heteroatoms. The van der Waals surface area contributed by atoms with Crippen molar-refractivity contribution in [2.24, 2.45) is 0 Å². The first-order valence-corrected chi connectivity index (χ1v) is 7.52. The van der Waals surface area contributed by atoms with Gasteiger partial charge in [-0.15, -0.1) is 0 Å². The molecule has 1 amide bonds. The minimum absolute atomic E-state index is 0.191. The average molecular weight is 345 g/mol. The van der Waals surface area contributed by atoms with Gasteiger partial charge in [0.05, 0.1) is 22.7 Å². The normalized spacial score (nSPS) is 16.1. The molecule has 0 unspecified atom stereocenters. The highest BCUT2D eigenvalue weighted by molar-refractivity contribution is 9.10. The average Bonchev–Trinajstić information content (AvgIpc) is 2.47. The molecule has 110 valence electrons. The molecular formula is C14H18BrFN2O2. The molecule has 1 aliphatic heterocycles. The van der Waals surface area contributed by atoms with Crippen LogP contribution in [0.4, 0.5) is 4.39 Å². The third-order valence-corrected chi connectivity index (χ3v) is 4.03. The third-order valence-electron chi connectivity index (χ3n) is 3.22. The van der Waals surface area contributed by atoms with Crippen molar-refractivity contribution < 1.29 is 13.9 Å². The van der Waals surface area contributed by atoms with Crippen LogP contribution in [0.2, 0.25) is 0 Å². The predicted molar refractivity (Wildman–Crippen MR) is 78.3 cm³/mol. The topological polar surface area (TPSA) is 50.4 Å². The van der Waals surface area contributed by atoms with Gasteiger partial charge in [-0.25, -0.2) is 4.39 Å². The van der Waals surface area contributed by atoms with Crippen LogP contribution in [0.1, 0.15) is 23.2 Å². The lowest BCUT2D eigenvalue weighted by atomic mass is 10.1. The lowest BCUT2D eigenvalue weighted by Crippen LogP contribution is -2.34. The van der Waals surface area contributed by atoms with Crippen molar-refractivity contribution in [1.82, 2.24) is 10.6 Å².